The normalized spacial score (nSPS) is 11.4. The first-order valence-electron chi connectivity index (χ1n) is 4.25. The molecule has 0 unspecified atom stereocenters. The molecular weight excluding hydrogens is 185 g/mol. The molecule has 0 amide bonds. The van der Waals surface area contributed by atoms with E-state index in [9.17, 15) is 9.18 Å². The van der Waals surface area contributed by atoms with Gasteiger partial charge in [0.15, 0.2) is 0 Å². The fraction of sp³-hybridized carbons (Fsp3) is 0.400. The molecule has 1 rings (SSSR count). The second-order valence-corrected chi connectivity index (χ2v) is 3.83. The summed E-state index contributed by atoms with van der Waals surface area (Å²) in [6.07, 6.45) is 1.56. The lowest BCUT2D eigenvalue weighted by Gasteiger charge is -2.17. The van der Waals surface area contributed by atoms with Crippen LogP contribution in [0.15, 0.2) is 18.3 Å². The lowest BCUT2D eigenvalue weighted by Crippen LogP contribution is -2.26. The van der Waals surface area contributed by atoms with E-state index < -0.39 is 17.2 Å². The fourth-order valence-corrected chi connectivity index (χ4v) is 1.07. The molecule has 0 bridgehead atoms. The van der Waals surface area contributed by atoms with Gasteiger partial charge in [0.2, 0.25) is 0 Å². The van der Waals surface area contributed by atoms with Crippen molar-refractivity contribution in [3.8, 4) is 0 Å². The predicted molar refractivity (Wildman–Crippen MR) is 49.3 cm³/mol. The van der Waals surface area contributed by atoms with Gasteiger partial charge in [0, 0.05) is 18.3 Å². The number of carbonyl (C=O) groups is 1. The summed E-state index contributed by atoms with van der Waals surface area (Å²) < 4.78 is 12.8. The Balaban J connectivity index is 2.83. The number of hydrogen-bond acceptors (Lipinski definition) is 2. The van der Waals surface area contributed by atoms with Crippen molar-refractivity contribution in [2.24, 2.45) is 5.41 Å². The van der Waals surface area contributed by atoms with Gasteiger partial charge in [-0.1, -0.05) is 0 Å². The minimum absolute atomic E-state index is 0.222. The number of nitrogens with zero attached hydrogens (tertiary/aromatic N) is 1. The summed E-state index contributed by atoms with van der Waals surface area (Å²) in [4.78, 5) is 14.7. The van der Waals surface area contributed by atoms with Crippen molar-refractivity contribution in [3.05, 3.63) is 29.8 Å². The molecule has 4 heteroatoms. The van der Waals surface area contributed by atoms with Gasteiger partial charge in [-0.05, 0) is 26.0 Å². The van der Waals surface area contributed by atoms with Gasteiger partial charge in [-0.25, -0.2) is 4.39 Å². The molecule has 0 fully saturated rings. The number of halogens is 1. The second-order valence-electron chi connectivity index (χ2n) is 3.83. The van der Waals surface area contributed by atoms with Crippen molar-refractivity contribution in [1.82, 2.24) is 4.98 Å². The number of carboxylic acid groups (broad SMARTS) is 1. The van der Waals surface area contributed by atoms with Gasteiger partial charge >= 0.3 is 5.97 Å². The predicted octanol–water partition coefficient (Wildman–Crippen LogP) is 1.87. The number of carboxylic acids is 1. The van der Waals surface area contributed by atoms with Crippen LogP contribution in [0.25, 0.3) is 0 Å². The van der Waals surface area contributed by atoms with Crippen molar-refractivity contribution in [3.63, 3.8) is 0 Å². The van der Waals surface area contributed by atoms with E-state index >= 15 is 0 Å². The molecule has 0 spiro atoms. The van der Waals surface area contributed by atoms with Crippen LogP contribution in [0.5, 0.6) is 0 Å². The fourth-order valence-electron chi connectivity index (χ4n) is 1.07. The van der Waals surface area contributed by atoms with Crippen LogP contribution in [0.1, 0.15) is 19.5 Å². The van der Waals surface area contributed by atoms with Crippen molar-refractivity contribution >= 4 is 5.97 Å². The zero-order valence-corrected chi connectivity index (χ0v) is 8.12. The Morgan fingerprint density at radius 3 is 2.79 bits per heavy atom. The Morgan fingerprint density at radius 1 is 1.64 bits per heavy atom. The molecule has 76 valence electrons. The van der Waals surface area contributed by atoms with Gasteiger partial charge in [-0.15, -0.1) is 0 Å². The Bertz CT molecular complexity index is 350. The highest BCUT2D eigenvalue weighted by Gasteiger charge is 2.27. The van der Waals surface area contributed by atoms with Crippen molar-refractivity contribution in [1.29, 1.82) is 0 Å². The third-order valence-corrected chi connectivity index (χ3v) is 1.98. The van der Waals surface area contributed by atoms with E-state index in [4.69, 9.17) is 5.11 Å². The molecule has 1 aromatic rings. The van der Waals surface area contributed by atoms with E-state index in [0.717, 1.165) is 0 Å². The van der Waals surface area contributed by atoms with Gasteiger partial charge in [0.1, 0.15) is 5.82 Å². The van der Waals surface area contributed by atoms with E-state index in [1.165, 1.54) is 18.3 Å². The maximum absolute atomic E-state index is 12.8. The Hall–Kier alpha value is -1.45. The van der Waals surface area contributed by atoms with Crippen LogP contribution in [0.4, 0.5) is 4.39 Å². The Kier molecular flexibility index (Phi) is 2.84. The molecule has 0 aromatic carbocycles. The standard InChI is InChI=1S/C10H12FNO2/c1-10(2,9(13)14)6-8-5-7(11)3-4-12-8/h3-5H,6H2,1-2H3,(H,13,14). The Labute approximate surface area is 81.6 Å². The summed E-state index contributed by atoms with van der Waals surface area (Å²) in [5, 5.41) is 8.85. The third-order valence-electron chi connectivity index (χ3n) is 1.98. The van der Waals surface area contributed by atoms with Gasteiger partial charge in [0.05, 0.1) is 5.41 Å². The van der Waals surface area contributed by atoms with E-state index in [0.29, 0.717) is 5.69 Å². The zero-order chi connectivity index (χ0) is 10.8. The summed E-state index contributed by atoms with van der Waals surface area (Å²) in [6.45, 7) is 3.17. The first-order chi connectivity index (χ1) is 6.42. The molecule has 1 heterocycles. The van der Waals surface area contributed by atoms with Gasteiger partial charge in [-0.3, -0.25) is 9.78 Å². The maximum Gasteiger partial charge on any atom is 0.309 e. The summed E-state index contributed by atoms with van der Waals surface area (Å²) in [5.41, 5.74) is -0.460. The molecular formula is C10H12FNO2. The van der Waals surface area contributed by atoms with Crippen LogP contribution in [0, 0.1) is 11.2 Å². The summed E-state index contributed by atoms with van der Waals surface area (Å²) in [6, 6.07) is 2.49. The molecule has 0 saturated heterocycles. The monoisotopic (exact) mass is 197 g/mol. The van der Waals surface area contributed by atoms with E-state index in [1.807, 2.05) is 0 Å². The third kappa shape index (κ3) is 2.52. The molecule has 0 aliphatic carbocycles. The SMILES string of the molecule is CC(C)(Cc1cc(F)ccn1)C(=O)O. The lowest BCUT2D eigenvalue weighted by molar-refractivity contribution is -0.146. The smallest absolute Gasteiger partial charge is 0.309 e. The molecule has 3 nitrogen and oxygen atoms in total. The minimum atomic E-state index is -0.916. The lowest BCUT2D eigenvalue weighted by atomic mass is 9.88. The number of rotatable bonds is 3. The zero-order valence-electron chi connectivity index (χ0n) is 8.12. The van der Waals surface area contributed by atoms with Gasteiger partial charge < -0.3 is 5.11 Å². The van der Waals surface area contributed by atoms with Crippen LogP contribution in [0.3, 0.4) is 0 Å². The number of pyridine rings is 1. The maximum atomic E-state index is 12.8. The quantitative estimate of drug-likeness (QED) is 0.804. The topological polar surface area (TPSA) is 50.2 Å². The van der Waals surface area contributed by atoms with Crippen molar-refractivity contribution < 1.29 is 14.3 Å². The average molecular weight is 197 g/mol. The van der Waals surface area contributed by atoms with Crippen molar-refractivity contribution in [2.45, 2.75) is 20.3 Å². The van der Waals surface area contributed by atoms with Crippen LogP contribution in [-0.4, -0.2) is 16.1 Å². The summed E-state index contributed by atoms with van der Waals surface area (Å²) in [5.74, 6) is -1.31. The highest BCUT2D eigenvalue weighted by Crippen LogP contribution is 2.20. The second kappa shape index (κ2) is 3.74. The van der Waals surface area contributed by atoms with Crippen LogP contribution in [0.2, 0.25) is 0 Å². The molecule has 0 saturated carbocycles. The average Bonchev–Trinajstić information content (AvgIpc) is 2.02. The minimum Gasteiger partial charge on any atom is -0.481 e. The number of aliphatic carboxylic acids is 1. The highest BCUT2D eigenvalue weighted by atomic mass is 19.1. The molecule has 0 aliphatic heterocycles. The van der Waals surface area contributed by atoms with Crippen LogP contribution >= 0.6 is 0 Å². The van der Waals surface area contributed by atoms with Crippen LogP contribution in [-0.2, 0) is 11.2 Å². The summed E-state index contributed by atoms with van der Waals surface area (Å²) in [7, 11) is 0. The first kappa shape index (κ1) is 10.6. The molecule has 14 heavy (non-hydrogen) atoms. The molecule has 0 atom stereocenters. The van der Waals surface area contributed by atoms with E-state index in [-0.39, 0.29) is 6.42 Å². The largest absolute Gasteiger partial charge is 0.481 e. The van der Waals surface area contributed by atoms with Crippen molar-refractivity contribution in [2.75, 3.05) is 0 Å². The van der Waals surface area contributed by atoms with E-state index in [2.05, 4.69) is 4.98 Å². The van der Waals surface area contributed by atoms with Gasteiger partial charge in [0.25, 0.3) is 0 Å². The van der Waals surface area contributed by atoms with Crippen LogP contribution < -0.4 is 0 Å². The molecule has 0 radical (unpaired) electrons. The highest BCUT2D eigenvalue weighted by molar-refractivity contribution is 5.73. The molecule has 1 N–H and O–H groups in total. The molecule has 1 aromatic heterocycles. The summed E-state index contributed by atoms with van der Waals surface area (Å²) >= 11 is 0. The Morgan fingerprint density at radius 2 is 2.29 bits per heavy atom. The number of hydrogen-bond donors (Lipinski definition) is 1. The molecule has 0 aliphatic rings. The number of aromatic nitrogens is 1. The first-order valence-corrected chi connectivity index (χ1v) is 4.25. The van der Waals surface area contributed by atoms with E-state index in [1.54, 1.807) is 13.8 Å². The van der Waals surface area contributed by atoms with Gasteiger partial charge in [-0.2, -0.15) is 0 Å².